The van der Waals surface area contributed by atoms with Crippen molar-refractivity contribution in [3.63, 3.8) is 0 Å². The van der Waals surface area contributed by atoms with Gasteiger partial charge in [0.05, 0.1) is 16.9 Å². The molecule has 0 unspecified atom stereocenters. The minimum atomic E-state index is 0.941. The van der Waals surface area contributed by atoms with Gasteiger partial charge in [0.15, 0.2) is 0 Å². The largest absolute Gasteiger partial charge is 0.254 e. The van der Waals surface area contributed by atoms with Gasteiger partial charge in [-0.25, -0.2) is 4.98 Å². The van der Waals surface area contributed by atoms with Crippen molar-refractivity contribution in [3.05, 3.63) is 83.6 Å². The van der Waals surface area contributed by atoms with E-state index in [1.165, 1.54) is 16.7 Å². The predicted octanol–water partition coefficient (Wildman–Crippen LogP) is 5.89. The molecule has 2 nitrogen and oxygen atoms in total. The number of hydrogen-bond acceptors (Lipinski definition) is 2. The fourth-order valence-corrected chi connectivity index (χ4v) is 3.18. The van der Waals surface area contributed by atoms with Crippen LogP contribution in [0.5, 0.6) is 0 Å². The lowest BCUT2D eigenvalue weighted by Crippen LogP contribution is -1.97. The first-order valence-corrected chi connectivity index (χ1v) is 8.53. The molecule has 2 heterocycles. The molecule has 0 saturated carbocycles. The predicted molar refractivity (Wildman–Crippen MR) is 105 cm³/mol. The van der Waals surface area contributed by atoms with Crippen molar-refractivity contribution in [3.8, 4) is 22.5 Å². The fraction of sp³-hybridized carbons (Fsp3) is 0.130. The van der Waals surface area contributed by atoms with Gasteiger partial charge in [0.1, 0.15) is 0 Å². The van der Waals surface area contributed by atoms with Crippen molar-refractivity contribution in [2.24, 2.45) is 0 Å². The van der Waals surface area contributed by atoms with Gasteiger partial charge in [0.25, 0.3) is 0 Å². The van der Waals surface area contributed by atoms with Crippen molar-refractivity contribution < 1.29 is 0 Å². The van der Waals surface area contributed by atoms with Crippen molar-refractivity contribution in [2.45, 2.75) is 20.8 Å². The number of pyridine rings is 2. The van der Waals surface area contributed by atoms with E-state index in [2.05, 4.69) is 80.4 Å². The highest BCUT2D eigenvalue weighted by Crippen LogP contribution is 2.33. The van der Waals surface area contributed by atoms with Crippen LogP contribution in [0.15, 0.2) is 66.9 Å². The molecule has 0 amide bonds. The Morgan fingerprint density at radius 2 is 1.20 bits per heavy atom. The number of hydrogen-bond donors (Lipinski definition) is 0. The fourth-order valence-electron chi connectivity index (χ4n) is 3.18. The normalized spacial score (nSPS) is 11.0. The molecule has 25 heavy (non-hydrogen) atoms. The first-order valence-electron chi connectivity index (χ1n) is 8.53. The first-order chi connectivity index (χ1) is 12.1. The molecule has 0 aliphatic rings. The van der Waals surface area contributed by atoms with E-state index in [0.717, 1.165) is 33.4 Å². The number of benzene rings is 2. The van der Waals surface area contributed by atoms with Crippen molar-refractivity contribution >= 4 is 10.9 Å². The van der Waals surface area contributed by atoms with Gasteiger partial charge in [-0.1, -0.05) is 65.7 Å². The van der Waals surface area contributed by atoms with Crippen LogP contribution in [0, 0.1) is 20.8 Å². The van der Waals surface area contributed by atoms with Crippen LogP contribution in [0.3, 0.4) is 0 Å². The van der Waals surface area contributed by atoms with E-state index in [1.807, 2.05) is 12.3 Å². The summed E-state index contributed by atoms with van der Waals surface area (Å²) >= 11 is 0. The second-order valence-electron chi connectivity index (χ2n) is 6.57. The van der Waals surface area contributed by atoms with Crippen molar-refractivity contribution in [1.29, 1.82) is 0 Å². The summed E-state index contributed by atoms with van der Waals surface area (Å²) in [5.41, 5.74) is 8.83. The van der Waals surface area contributed by atoms with Crippen LogP contribution in [0.1, 0.15) is 16.7 Å². The number of rotatable bonds is 2. The van der Waals surface area contributed by atoms with E-state index in [1.54, 1.807) is 0 Å². The van der Waals surface area contributed by atoms with E-state index >= 15 is 0 Å². The van der Waals surface area contributed by atoms with Crippen LogP contribution in [0.4, 0.5) is 0 Å². The molecular formula is C23H20N2. The SMILES string of the molecule is Cc1ccc(-c2nc(-c3ccc(C)cc3)c3ncccc3c2C)cc1. The molecule has 0 spiro atoms. The highest BCUT2D eigenvalue weighted by atomic mass is 14.8. The lowest BCUT2D eigenvalue weighted by atomic mass is 9.98. The van der Waals surface area contributed by atoms with Crippen LogP contribution < -0.4 is 0 Å². The molecule has 0 saturated heterocycles. The quantitative estimate of drug-likeness (QED) is 0.459. The van der Waals surface area contributed by atoms with Crippen LogP contribution in [0.25, 0.3) is 33.4 Å². The van der Waals surface area contributed by atoms with Gasteiger partial charge in [-0.05, 0) is 32.4 Å². The average Bonchev–Trinajstić information content (AvgIpc) is 2.64. The highest BCUT2D eigenvalue weighted by molar-refractivity contribution is 5.96. The van der Waals surface area contributed by atoms with Gasteiger partial charge in [0.2, 0.25) is 0 Å². The summed E-state index contributed by atoms with van der Waals surface area (Å²) in [5, 5.41) is 1.16. The van der Waals surface area contributed by atoms with Crippen LogP contribution in [-0.4, -0.2) is 9.97 Å². The Bertz CT molecular complexity index is 1050. The molecule has 0 aliphatic heterocycles. The Morgan fingerprint density at radius 1 is 0.640 bits per heavy atom. The van der Waals surface area contributed by atoms with Gasteiger partial charge >= 0.3 is 0 Å². The number of fused-ring (bicyclic) bond motifs is 1. The third-order valence-corrected chi connectivity index (χ3v) is 4.66. The number of aromatic nitrogens is 2. The molecule has 0 radical (unpaired) electrons. The van der Waals surface area contributed by atoms with Crippen molar-refractivity contribution in [2.75, 3.05) is 0 Å². The Kier molecular flexibility index (Phi) is 3.81. The Hall–Kier alpha value is -3.00. The zero-order chi connectivity index (χ0) is 17.4. The maximum absolute atomic E-state index is 5.04. The minimum absolute atomic E-state index is 0.941. The molecule has 0 N–H and O–H groups in total. The maximum Gasteiger partial charge on any atom is 0.0972 e. The summed E-state index contributed by atoms with van der Waals surface area (Å²) in [4.78, 5) is 9.66. The lowest BCUT2D eigenvalue weighted by molar-refractivity contribution is 1.27. The van der Waals surface area contributed by atoms with Crippen LogP contribution in [0.2, 0.25) is 0 Å². The topological polar surface area (TPSA) is 25.8 Å². The maximum atomic E-state index is 5.04. The van der Waals surface area contributed by atoms with E-state index in [-0.39, 0.29) is 0 Å². The summed E-state index contributed by atoms with van der Waals surface area (Å²) in [5.74, 6) is 0. The van der Waals surface area contributed by atoms with Gasteiger partial charge < -0.3 is 0 Å². The molecule has 4 rings (SSSR count). The lowest BCUT2D eigenvalue weighted by Gasteiger charge is -2.13. The second kappa shape index (κ2) is 6.14. The van der Waals surface area contributed by atoms with Gasteiger partial charge in [0, 0.05) is 22.7 Å². The summed E-state index contributed by atoms with van der Waals surface area (Å²) in [6.45, 7) is 6.33. The van der Waals surface area contributed by atoms with Gasteiger partial charge in [-0.15, -0.1) is 0 Å². The number of aryl methyl sites for hydroxylation is 3. The van der Waals surface area contributed by atoms with Gasteiger partial charge in [-0.3, -0.25) is 4.98 Å². The van der Waals surface area contributed by atoms with E-state index in [0.29, 0.717) is 0 Å². The summed E-state index contributed by atoms with van der Waals surface area (Å²) in [6, 6.07) is 21.2. The van der Waals surface area contributed by atoms with Crippen LogP contribution >= 0.6 is 0 Å². The Labute approximate surface area is 148 Å². The third kappa shape index (κ3) is 2.80. The standard InChI is InChI=1S/C23H20N2/c1-15-6-10-18(11-7-15)21-17(3)20-5-4-14-24-23(20)22(25-21)19-12-8-16(2)9-13-19/h4-14H,1-3H3. The highest BCUT2D eigenvalue weighted by Gasteiger charge is 2.14. The number of nitrogens with zero attached hydrogens (tertiary/aromatic N) is 2. The molecule has 4 aromatic rings. The Morgan fingerprint density at radius 3 is 1.80 bits per heavy atom. The molecule has 0 fully saturated rings. The second-order valence-corrected chi connectivity index (χ2v) is 6.57. The third-order valence-electron chi connectivity index (χ3n) is 4.66. The summed E-state index contributed by atoms with van der Waals surface area (Å²) < 4.78 is 0. The molecule has 0 aliphatic carbocycles. The van der Waals surface area contributed by atoms with E-state index < -0.39 is 0 Å². The summed E-state index contributed by atoms with van der Waals surface area (Å²) in [6.07, 6.45) is 1.84. The molecule has 0 bridgehead atoms. The minimum Gasteiger partial charge on any atom is -0.254 e. The zero-order valence-electron chi connectivity index (χ0n) is 14.7. The molecule has 122 valence electrons. The Balaban J connectivity index is 2.03. The van der Waals surface area contributed by atoms with Gasteiger partial charge in [-0.2, -0.15) is 0 Å². The molecule has 0 atom stereocenters. The average molecular weight is 324 g/mol. The van der Waals surface area contributed by atoms with Crippen molar-refractivity contribution in [1.82, 2.24) is 9.97 Å². The molecular weight excluding hydrogens is 304 g/mol. The monoisotopic (exact) mass is 324 g/mol. The molecule has 2 aromatic heterocycles. The van der Waals surface area contributed by atoms with Crippen LogP contribution in [-0.2, 0) is 0 Å². The first kappa shape index (κ1) is 15.5. The molecule has 2 aromatic carbocycles. The van der Waals surface area contributed by atoms with E-state index in [9.17, 15) is 0 Å². The zero-order valence-corrected chi connectivity index (χ0v) is 14.7. The van der Waals surface area contributed by atoms with E-state index in [4.69, 9.17) is 4.98 Å². The molecule has 2 heteroatoms. The summed E-state index contributed by atoms with van der Waals surface area (Å²) in [7, 11) is 0. The smallest absolute Gasteiger partial charge is 0.0972 e.